The van der Waals surface area contributed by atoms with Crippen molar-refractivity contribution in [2.24, 2.45) is 5.92 Å². The van der Waals surface area contributed by atoms with Crippen molar-refractivity contribution in [2.75, 3.05) is 7.11 Å². The number of ether oxygens (including phenoxy) is 1. The van der Waals surface area contributed by atoms with Gasteiger partial charge in [0, 0.05) is 11.6 Å². The number of carboxylic acid groups (broad SMARTS) is 1. The van der Waals surface area contributed by atoms with Crippen LogP contribution in [0, 0.1) is 5.92 Å². The fraction of sp³-hybridized carbons (Fsp3) is 0.438. The lowest BCUT2D eigenvalue weighted by Gasteiger charge is -2.29. The summed E-state index contributed by atoms with van der Waals surface area (Å²) < 4.78 is 5.39. The topological polar surface area (TPSA) is 46.5 Å². The Morgan fingerprint density at radius 3 is 2.68 bits per heavy atom. The number of carboxylic acids is 1. The van der Waals surface area contributed by atoms with E-state index in [1.807, 2.05) is 12.1 Å². The first kappa shape index (κ1) is 13.7. The summed E-state index contributed by atoms with van der Waals surface area (Å²) in [5.41, 5.74) is 3.05. The molecule has 0 bridgehead atoms. The van der Waals surface area contributed by atoms with E-state index in [9.17, 15) is 4.79 Å². The molecule has 0 amide bonds. The molecule has 1 N–H and O–H groups in total. The van der Waals surface area contributed by atoms with Gasteiger partial charge in [-0.2, -0.15) is 0 Å². The second-order valence-electron chi connectivity index (χ2n) is 4.95. The summed E-state index contributed by atoms with van der Waals surface area (Å²) in [5.74, 6) is 0.236. The van der Waals surface area contributed by atoms with E-state index in [-0.39, 0.29) is 0 Å². The average Bonchev–Trinajstić information content (AvgIpc) is 2.34. The zero-order valence-corrected chi connectivity index (χ0v) is 11.5. The molecule has 3 nitrogen and oxygen atoms in total. The van der Waals surface area contributed by atoms with Crippen molar-refractivity contribution in [3.05, 3.63) is 35.4 Å². The lowest BCUT2D eigenvalue weighted by atomic mass is 9.76. The van der Waals surface area contributed by atoms with Crippen LogP contribution in [0.2, 0.25) is 0 Å². The number of rotatable bonds is 5. The van der Waals surface area contributed by atoms with Crippen molar-refractivity contribution in [1.82, 2.24) is 0 Å². The Labute approximate surface area is 113 Å². The van der Waals surface area contributed by atoms with Gasteiger partial charge in [0.2, 0.25) is 0 Å². The third-order valence-electron chi connectivity index (χ3n) is 3.81. The molecule has 1 fully saturated rings. The molecule has 19 heavy (non-hydrogen) atoms. The molecule has 1 aromatic rings. The minimum Gasteiger partial charge on any atom is -0.496 e. The van der Waals surface area contributed by atoms with E-state index in [2.05, 4.69) is 13.0 Å². The fourth-order valence-corrected chi connectivity index (χ4v) is 2.47. The van der Waals surface area contributed by atoms with Gasteiger partial charge in [-0.3, -0.25) is 0 Å². The third kappa shape index (κ3) is 2.98. The average molecular weight is 260 g/mol. The van der Waals surface area contributed by atoms with Gasteiger partial charge in [-0.15, -0.1) is 0 Å². The Morgan fingerprint density at radius 1 is 1.47 bits per heavy atom. The molecule has 0 saturated heterocycles. The smallest absolute Gasteiger partial charge is 0.328 e. The first-order valence-corrected chi connectivity index (χ1v) is 6.77. The van der Waals surface area contributed by atoms with E-state index < -0.39 is 5.97 Å². The Hall–Kier alpha value is -1.77. The van der Waals surface area contributed by atoms with Gasteiger partial charge < -0.3 is 9.84 Å². The summed E-state index contributed by atoms with van der Waals surface area (Å²) in [7, 11) is 1.63. The quantitative estimate of drug-likeness (QED) is 0.824. The molecular weight excluding hydrogens is 240 g/mol. The van der Waals surface area contributed by atoms with Gasteiger partial charge in [0.15, 0.2) is 0 Å². The minimum atomic E-state index is -0.883. The van der Waals surface area contributed by atoms with Crippen LogP contribution >= 0.6 is 0 Å². The van der Waals surface area contributed by atoms with Gasteiger partial charge in [0.25, 0.3) is 0 Å². The molecule has 0 radical (unpaired) electrons. The van der Waals surface area contributed by atoms with Crippen molar-refractivity contribution in [2.45, 2.75) is 32.6 Å². The largest absolute Gasteiger partial charge is 0.496 e. The van der Waals surface area contributed by atoms with E-state index in [0.29, 0.717) is 5.92 Å². The van der Waals surface area contributed by atoms with Crippen LogP contribution in [0.1, 0.15) is 37.3 Å². The van der Waals surface area contributed by atoms with E-state index in [4.69, 9.17) is 9.84 Å². The lowest BCUT2D eigenvalue weighted by molar-refractivity contribution is -0.131. The number of benzene rings is 1. The van der Waals surface area contributed by atoms with Crippen LogP contribution in [0.5, 0.6) is 5.75 Å². The molecule has 3 heteroatoms. The van der Waals surface area contributed by atoms with Crippen LogP contribution in [-0.4, -0.2) is 18.2 Å². The molecule has 0 heterocycles. The second-order valence-corrected chi connectivity index (χ2v) is 4.95. The molecule has 1 aromatic carbocycles. The number of allylic oxidation sites excluding steroid dienone is 1. The van der Waals surface area contributed by atoms with Crippen LogP contribution in [-0.2, 0) is 11.2 Å². The van der Waals surface area contributed by atoms with Crippen LogP contribution in [0.15, 0.2) is 24.3 Å². The Morgan fingerprint density at radius 2 is 2.21 bits per heavy atom. The Kier molecular flexibility index (Phi) is 4.25. The molecule has 102 valence electrons. The first-order chi connectivity index (χ1) is 9.15. The monoisotopic (exact) mass is 260 g/mol. The van der Waals surface area contributed by atoms with Crippen molar-refractivity contribution < 1.29 is 14.6 Å². The zero-order chi connectivity index (χ0) is 13.8. The predicted molar refractivity (Wildman–Crippen MR) is 75.3 cm³/mol. The molecular formula is C16H20O3. The van der Waals surface area contributed by atoms with E-state index in [1.165, 1.54) is 18.1 Å². The van der Waals surface area contributed by atoms with Gasteiger partial charge in [-0.1, -0.05) is 19.4 Å². The molecule has 1 saturated carbocycles. The molecule has 0 spiro atoms. The number of aryl methyl sites for hydroxylation is 1. The van der Waals surface area contributed by atoms with Crippen molar-refractivity contribution in [3.8, 4) is 5.75 Å². The molecule has 0 unspecified atom stereocenters. The van der Waals surface area contributed by atoms with E-state index in [1.54, 1.807) is 7.11 Å². The van der Waals surface area contributed by atoms with Crippen LogP contribution in [0.3, 0.4) is 0 Å². The highest BCUT2D eigenvalue weighted by atomic mass is 16.5. The molecule has 0 aromatic heterocycles. The second kappa shape index (κ2) is 5.91. The summed E-state index contributed by atoms with van der Waals surface area (Å²) >= 11 is 0. The number of aliphatic carboxylic acids is 1. The summed E-state index contributed by atoms with van der Waals surface area (Å²) in [5, 5.41) is 9.09. The number of methoxy groups -OCH3 is 1. The van der Waals surface area contributed by atoms with Gasteiger partial charge in [-0.25, -0.2) is 4.79 Å². The SMILES string of the molecule is CCc1ccc(OC)c(/C(=C/C(=O)O)C2CCC2)c1. The highest BCUT2D eigenvalue weighted by Crippen LogP contribution is 2.41. The van der Waals surface area contributed by atoms with Crippen molar-refractivity contribution in [1.29, 1.82) is 0 Å². The summed E-state index contributed by atoms with van der Waals surface area (Å²) in [6.45, 7) is 2.09. The van der Waals surface area contributed by atoms with Gasteiger partial charge in [0.05, 0.1) is 7.11 Å². The lowest BCUT2D eigenvalue weighted by Crippen LogP contribution is -2.15. The van der Waals surface area contributed by atoms with E-state index in [0.717, 1.165) is 36.1 Å². The Balaban J connectivity index is 2.47. The zero-order valence-electron chi connectivity index (χ0n) is 11.5. The fourth-order valence-electron chi connectivity index (χ4n) is 2.47. The van der Waals surface area contributed by atoms with Crippen molar-refractivity contribution >= 4 is 11.5 Å². The highest BCUT2D eigenvalue weighted by molar-refractivity contribution is 5.91. The van der Waals surface area contributed by atoms with Gasteiger partial charge >= 0.3 is 5.97 Å². The van der Waals surface area contributed by atoms with Crippen LogP contribution < -0.4 is 4.74 Å². The van der Waals surface area contributed by atoms with E-state index >= 15 is 0 Å². The molecule has 0 atom stereocenters. The normalized spacial score (nSPS) is 16.0. The summed E-state index contributed by atoms with van der Waals surface area (Å²) in [6.07, 6.45) is 5.60. The maximum absolute atomic E-state index is 11.1. The Bertz CT molecular complexity index is 499. The predicted octanol–water partition coefficient (Wildman–Crippen LogP) is 3.53. The third-order valence-corrected chi connectivity index (χ3v) is 3.81. The number of carbonyl (C=O) groups is 1. The number of hydrogen-bond acceptors (Lipinski definition) is 2. The van der Waals surface area contributed by atoms with Crippen LogP contribution in [0.25, 0.3) is 5.57 Å². The summed E-state index contributed by atoms with van der Waals surface area (Å²) in [4.78, 5) is 11.1. The van der Waals surface area contributed by atoms with Crippen molar-refractivity contribution in [3.63, 3.8) is 0 Å². The highest BCUT2D eigenvalue weighted by Gasteiger charge is 2.25. The molecule has 1 aliphatic rings. The first-order valence-electron chi connectivity index (χ1n) is 6.77. The summed E-state index contributed by atoms with van der Waals surface area (Å²) in [6, 6.07) is 6.02. The molecule has 2 rings (SSSR count). The minimum absolute atomic E-state index is 0.358. The maximum Gasteiger partial charge on any atom is 0.328 e. The van der Waals surface area contributed by atoms with Gasteiger partial charge in [-0.05, 0) is 48.4 Å². The van der Waals surface area contributed by atoms with Gasteiger partial charge in [0.1, 0.15) is 5.75 Å². The number of hydrogen-bond donors (Lipinski definition) is 1. The maximum atomic E-state index is 11.1. The molecule has 0 aliphatic heterocycles. The molecule has 1 aliphatic carbocycles. The van der Waals surface area contributed by atoms with Crippen LogP contribution in [0.4, 0.5) is 0 Å². The standard InChI is InChI=1S/C16H20O3/c1-3-11-7-8-15(19-2)14(9-11)13(10-16(17)18)12-5-4-6-12/h7-10,12H,3-6H2,1-2H3,(H,17,18)/b13-10+.